The lowest BCUT2D eigenvalue weighted by molar-refractivity contribution is -0.138. The van der Waals surface area contributed by atoms with Gasteiger partial charge in [-0.15, -0.1) is 12.4 Å². The SMILES string of the molecule is Cl.N=C(N)c1ccc(CNC(=O)[C@@H]2CCCN2C(=O)CCC2CCCC2)cc1. The average Bonchev–Trinajstić information content (AvgIpc) is 3.36. The molecule has 0 radical (unpaired) electrons. The molecule has 1 aliphatic heterocycles. The van der Waals surface area contributed by atoms with Gasteiger partial charge >= 0.3 is 0 Å². The molecule has 154 valence electrons. The number of halogens is 1. The summed E-state index contributed by atoms with van der Waals surface area (Å²) in [5.41, 5.74) is 7.07. The van der Waals surface area contributed by atoms with Crippen molar-refractivity contribution in [2.24, 2.45) is 11.7 Å². The van der Waals surface area contributed by atoms with Crippen molar-refractivity contribution < 1.29 is 9.59 Å². The average molecular weight is 407 g/mol. The Bertz CT molecular complexity index is 686. The molecule has 6 nitrogen and oxygen atoms in total. The van der Waals surface area contributed by atoms with Crippen molar-refractivity contribution in [3.63, 3.8) is 0 Å². The highest BCUT2D eigenvalue weighted by atomic mass is 35.5. The van der Waals surface area contributed by atoms with Crippen molar-refractivity contribution in [1.82, 2.24) is 10.2 Å². The molecule has 1 aliphatic carbocycles. The number of nitrogens with two attached hydrogens (primary N) is 1. The summed E-state index contributed by atoms with van der Waals surface area (Å²) in [5.74, 6) is 0.785. The number of nitrogens with zero attached hydrogens (tertiary/aromatic N) is 1. The van der Waals surface area contributed by atoms with Gasteiger partial charge in [0.25, 0.3) is 0 Å². The highest BCUT2D eigenvalue weighted by Crippen LogP contribution is 2.29. The Morgan fingerprint density at radius 3 is 2.43 bits per heavy atom. The van der Waals surface area contributed by atoms with E-state index in [1.54, 1.807) is 17.0 Å². The van der Waals surface area contributed by atoms with Crippen molar-refractivity contribution in [2.45, 2.75) is 64.0 Å². The quantitative estimate of drug-likeness (QED) is 0.479. The molecule has 1 aromatic rings. The summed E-state index contributed by atoms with van der Waals surface area (Å²) >= 11 is 0. The van der Waals surface area contributed by atoms with Gasteiger partial charge in [-0.2, -0.15) is 0 Å². The number of amidine groups is 1. The van der Waals surface area contributed by atoms with Crippen molar-refractivity contribution in [1.29, 1.82) is 5.41 Å². The van der Waals surface area contributed by atoms with Crippen LogP contribution in [-0.4, -0.2) is 35.1 Å². The number of nitrogens with one attached hydrogen (secondary N) is 2. The molecule has 0 aromatic heterocycles. The van der Waals surface area contributed by atoms with Gasteiger partial charge in [-0.1, -0.05) is 49.9 Å². The van der Waals surface area contributed by atoms with Crippen LogP contribution in [0.5, 0.6) is 0 Å². The standard InChI is InChI=1S/C21H30N4O2.ClH/c22-20(23)17-10-7-16(8-11-17)14-24-21(27)18-6-3-13-25(18)19(26)12-9-15-4-1-2-5-15;/h7-8,10-11,15,18H,1-6,9,12-14H2,(H3,22,23)(H,24,27);1H/t18-;/m0./s1. The summed E-state index contributed by atoms with van der Waals surface area (Å²) in [7, 11) is 0. The first-order chi connectivity index (χ1) is 13.0. The summed E-state index contributed by atoms with van der Waals surface area (Å²) in [4.78, 5) is 27.0. The number of carbonyl (C=O) groups excluding carboxylic acids is 2. The van der Waals surface area contributed by atoms with Gasteiger partial charge in [-0.05, 0) is 30.7 Å². The second kappa shape index (κ2) is 10.5. The molecule has 1 saturated carbocycles. The lowest BCUT2D eigenvalue weighted by atomic mass is 10.0. The van der Waals surface area contributed by atoms with Crippen LogP contribution in [0.25, 0.3) is 0 Å². The molecular weight excluding hydrogens is 376 g/mol. The molecule has 0 spiro atoms. The van der Waals surface area contributed by atoms with Crippen LogP contribution in [0.1, 0.15) is 62.5 Å². The van der Waals surface area contributed by atoms with Gasteiger partial charge in [0.05, 0.1) is 0 Å². The summed E-state index contributed by atoms with van der Waals surface area (Å²) < 4.78 is 0. The topological polar surface area (TPSA) is 99.3 Å². The molecule has 1 saturated heterocycles. The molecule has 2 amide bonds. The van der Waals surface area contributed by atoms with Crippen LogP contribution in [0.4, 0.5) is 0 Å². The van der Waals surface area contributed by atoms with E-state index in [0.29, 0.717) is 31.0 Å². The van der Waals surface area contributed by atoms with E-state index < -0.39 is 0 Å². The van der Waals surface area contributed by atoms with Gasteiger partial charge in [-0.3, -0.25) is 15.0 Å². The zero-order valence-electron chi connectivity index (χ0n) is 16.3. The third kappa shape index (κ3) is 5.71. The maximum Gasteiger partial charge on any atom is 0.243 e. The second-order valence-corrected chi connectivity index (χ2v) is 7.76. The zero-order valence-corrected chi connectivity index (χ0v) is 17.1. The van der Waals surface area contributed by atoms with E-state index in [-0.39, 0.29) is 36.1 Å². The van der Waals surface area contributed by atoms with Crippen LogP contribution >= 0.6 is 12.4 Å². The minimum absolute atomic E-state index is 0. The third-order valence-corrected chi connectivity index (χ3v) is 5.85. The maximum atomic E-state index is 12.6. The van der Waals surface area contributed by atoms with Gasteiger partial charge in [-0.25, -0.2) is 0 Å². The Hall–Kier alpha value is -2.08. The molecule has 2 fully saturated rings. The molecule has 2 aliphatic rings. The van der Waals surface area contributed by atoms with Gasteiger partial charge < -0.3 is 16.0 Å². The van der Waals surface area contributed by atoms with Gasteiger partial charge in [0.2, 0.25) is 11.8 Å². The van der Waals surface area contributed by atoms with Crippen molar-refractivity contribution in [3.8, 4) is 0 Å². The van der Waals surface area contributed by atoms with Crippen LogP contribution in [0.2, 0.25) is 0 Å². The third-order valence-electron chi connectivity index (χ3n) is 5.85. The highest BCUT2D eigenvalue weighted by molar-refractivity contribution is 5.94. The van der Waals surface area contributed by atoms with Crippen molar-refractivity contribution in [3.05, 3.63) is 35.4 Å². The Labute approximate surface area is 173 Å². The van der Waals surface area contributed by atoms with Gasteiger partial charge in [0.15, 0.2) is 0 Å². The number of likely N-dealkylation sites (tertiary alicyclic amines) is 1. The molecular formula is C21H31ClN4O2. The first kappa shape index (κ1) is 22.2. The van der Waals surface area contributed by atoms with E-state index in [1.165, 1.54) is 25.7 Å². The number of hydrogen-bond acceptors (Lipinski definition) is 3. The normalized spacial score (nSPS) is 19.3. The fourth-order valence-electron chi connectivity index (χ4n) is 4.22. The largest absolute Gasteiger partial charge is 0.384 e. The summed E-state index contributed by atoms with van der Waals surface area (Å²) in [6.45, 7) is 1.10. The summed E-state index contributed by atoms with van der Waals surface area (Å²) in [6, 6.07) is 6.93. The molecule has 7 heteroatoms. The minimum atomic E-state index is -0.336. The highest BCUT2D eigenvalue weighted by Gasteiger charge is 2.33. The molecule has 1 aromatic carbocycles. The lowest BCUT2D eigenvalue weighted by Gasteiger charge is -2.24. The Balaban J connectivity index is 0.00000280. The van der Waals surface area contributed by atoms with Crippen molar-refractivity contribution >= 4 is 30.1 Å². The summed E-state index contributed by atoms with van der Waals surface area (Å²) in [6.07, 6.45) is 8.25. The predicted octanol–water partition coefficient (Wildman–Crippen LogP) is 2.97. The zero-order chi connectivity index (χ0) is 19.2. The number of amides is 2. The fraction of sp³-hybridized carbons (Fsp3) is 0.571. The van der Waals surface area contributed by atoms with E-state index in [4.69, 9.17) is 11.1 Å². The number of hydrogen-bond donors (Lipinski definition) is 3. The molecule has 4 N–H and O–H groups in total. The maximum absolute atomic E-state index is 12.6. The number of nitrogen functional groups attached to an aromatic ring is 1. The predicted molar refractivity (Wildman–Crippen MR) is 112 cm³/mol. The van der Waals surface area contributed by atoms with Crippen LogP contribution in [0.3, 0.4) is 0 Å². The first-order valence-corrected chi connectivity index (χ1v) is 10.0. The molecule has 0 bridgehead atoms. The monoisotopic (exact) mass is 406 g/mol. The number of carbonyl (C=O) groups is 2. The first-order valence-electron chi connectivity index (χ1n) is 10.0. The minimum Gasteiger partial charge on any atom is -0.384 e. The Kier molecular flexibility index (Phi) is 8.30. The molecule has 1 atom stereocenters. The van der Waals surface area contributed by atoms with Crippen molar-refractivity contribution in [2.75, 3.05) is 6.54 Å². The van der Waals surface area contributed by atoms with E-state index >= 15 is 0 Å². The fourth-order valence-corrected chi connectivity index (χ4v) is 4.22. The Morgan fingerprint density at radius 1 is 1.11 bits per heavy atom. The van der Waals surface area contributed by atoms with Crippen LogP contribution < -0.4 is 11.1 Å². The second-order valence-electron chi connectivity index (χ2n) is 7.76. The number of benzene rings is 1. The number of rotatable bonds is 7. The molecule has 3 rings (SSSR count). The van der Waals surface area contributed by atoms with Gasteiger partial charge in [0.1, 0.15) is 11.9 Å². The van der Waals surface area contributed by atoms with Crippen LogP contribution in [0.15, 0.2) is 24.3 Å². The molecule has 28 heavy (non-hydrogen) atoms. The van der Waals surface area contributed by atoms with E-state index in [1.807, 2.05) is 12.1 Å². The smallest absolute Gasteiger partial charge is 0.243 e. The van der Waals surface area contributed by atoms with Crippen LogP contribution in [-0.2, 0) is 16.1 Å². The Morgan fingerprint density at radius 2 is 1.79 bits per heavy atom. The summed E-state index contributed by atoms with van der Waals surface area (Å²) in [5, 5.41) is 10.4. The van der Waals surface area contributed by atoms with E-state index in [9.17, 15) is 9.59 Å². The van der Waals surface area contributed by atoms with Gasteiger partial charge in [0, 0.05) is 25.1 Å². The lowest BCUT2D eigenvalue weighted by Crippen LogP contribution is -2.45. The molecule has 0 unspecified atom stereocenters. The van der Waals surface area contributed by atoms with E-state index in [0.717, 1.165) is 24.8 Å². The van der Waals surface area contributed by atoms with Crippen LogP contribution in [0, 0.1) is 11.3 Å². The van der Waals surface area contributed by atoms with E-state index in [2.05, 4.69) is 5.32 Å². The molecule has 1 heterocycles.